The number of aromatic amines is 1. The minimum Gasteiger partial charge on any atom is -0.391 e. The number of amides is 4. The minimum absolute atomic E-state index is 0.150. The Bertz CT molecular complexity index is 1230. The number of aliphatic hydroxyl groups excluding tert-OH is 2. The Balaban J connectivity index is 1.79. The quantitative estimate of drug-likeness (QED) is 0.193. The Hall–Kier alpha value is -3.48. The molecule has 10 N–H and O–H groups in total. The standard InChI is InChI=1S/C25H34N6O6/c1-11(32)19(26)24(37)31-18(21(27)34)8-14-9-25(14,31)16(23(36)30-20(12(2)33)22(28)35)7-13-10-29-17-6-4-3-5-15(13)17/h3-6,10-12,14,16,18-20,29,32-33H,7-9,26H2,1-2H3,(H2,27,34)(H2,28,35)(H,30,36)/t11-,12-,14?,16-,18?,19+,20+,25?/m1/s1. The van der Waals surface area contributed by atoms with E-state index in [1.54, 1.807) is 6.20 Å². The van der Waals surface area contributed by atoms with Crippen molar-refractivity contribution in [2.75, 3.05) is 0 Å². The number of nitrogens with two attached hydrogens (primary N) is 3. The summed E-state index contributed by atoms with van der Waals surface area (Å²) in [5, 5.41) is 23.5. The molecule has 0 radical (unpaired) electrons. The van der Waals surface area contributed by atoms with Gasteiger partial charge < -0.3 is 42.6 Å². The van der Waals surface area contributed by atoms with Gasteiger partial charge in [0.1, 0.15) is 18.1 Å². The SMILES string of the molecule is C[C@@H](O)[C@H](N)C(=O)N1C(C(N)=O)CC2CC21[C@H](Cc1c[nH]c2ccccc12)C(=O)N[C@H](C(N)=O)[C@@H](C)O. The highest BCUT2D eigenvalue weighted by Crippen LogP contribution is 2.63. The van der Waals surface area contributed by atoms with Crippen molar-refractivity contribution in [1.82, 2.24) is 15.2 Å². The third-order valence-electron chi connectivity index (χ3n) is 7.86. The molecule has 0 spiro atoms. The number of aliphatic hydroxyl groups is 2. The van der Waals surface area contributed by atoms with Gasteiger partial charge >= 0.3 is 0 Å². The summed E-state index contributed by atoms with van der Waals surface area (Å²) in [6, 6.07) is 3.83. The number of hydrogen-bond acceptors (Lipinski definition) is 7. The van der Waals surface area contributed by atoms with Gasteiger partial charge in [0.15, 0.2) is 0 Å². The topological polar surface area (TPSA) is 218 Å². The fourth-order valence-corrected chi connectivity index (χ4v) is 5.85. The van der Waals surface area contributed by atoms with E-state index in [-0.39, 0.29) is 18.8 Å². The highest BCUT2D eigenvalue weighted by molar-refractivity contribution is 5.94. The molecule has 2 fully saturated rings. The lowest BCUT2D eigenvalue weighted by Gasteiger charge is -2.39. The number of aromatic nitrogens is 1. The highest BCUT2D eigenvalue weighted by atomic mass is 16.3. The number of piperidine rings is 1. The van der Waals surface area contributed by atoms with Crippen LogP contribution in [0.3, 0.4) is 0 Å². The van der Waals surface area contributed by atoms with Crippen molar-refractivity contribution in [3.05, 3.63) is 36.0 Å². The first-order valence-electron chi connectivity index (χ1n) is 12.3. The third kappa shape index (κ3) is 4.56. The maximum atomic E-state index is 13.8. The Morgan fingerprint density at radius 3 is 2.43 bits per heavy atom. The van der Waals surface area contributed by atoms with Gasteiger partial charge in [-0.1, -0.05) is 18.2 Å². The number of fused-ring (bicyclic) bond motifs is 2. The Labute approximate surface area is 213 Å². The molecule has 12 heteroatoms. The molecule has 4 amide bonds. The molecule has 3 unspecified atom stereocenters. The predicted molar refractivity (Wildman–Crippen MR) is 133 cm³/mol. The molecule has 2 aromatic rings. The van der Waals surface area contributed by atoms with Crippen molar-refractivity contribution in [2.24, 2.45) is 29.0 Å². The number of primary amides is 2. The number of carbonyl (C=O) groups excluding carboxylic acids is 4. The van der Waals surface area contributed by atoms with Gasteiger partial charge in [-0.05, 0) is 50.7 Å². The number of hydrogen-bond donors (Lipinski definition) is 7. The molecule has 12 nitrogen and oxygen atoms in total. The molecule has 1 aromatic heterocycles. The predicted octanol–water partition coefficient (Wildman–Crippen LogP) is -1.77. The third-order valence-corrected chi connectivity index (χ3v) is 7.86. The van der Waals surface area contributed by atoms with Crippen molar-refractivity contribution < 1.29 is 29.4 Å². The molecule has 4 rings (SSSR count). The van der Waals surface area contributed by atoms with Gasteiger partial charge in [-0.3, -0.25) is 19.2 Å². The first kappa shape index (κ1) is 26.6. The van der Waals surface area contributed by atoms with E-state index in [0.29, 0.717) is 6.42 Å². The van der Waals surface area contributed by atoms with Crippen LogP contribution in [0.2, 0.25) is 0 Å². The summed E-state index contributed by atoms with van der Waals surface area (Å²) in [6.07, 6.45) is 0.119. The number of rotatable bonds is 10. The highest BCUT2D eigenvalue weighted by Gasteiger charge is 2.72. The van der Waals surface area contributed by atoms with E-state index in [0.717, 1.165) is 16.5 Å². The van der Waals surface area contributed by atoms with Crippen LogP contribution in [0.5, 0.6) is 0 Å². The van der Waals surface area contributed by atoms with Crippen molar-refractivity contribution in [3.8, 4) is 0 Å². The van der Waals surface area contributed by atoms with Crippen LogP contribution in [-0.2, 0) is 25.6 Å². The molecule has 2 aliphatic rings. The van der Waals surface area contributed by atoms with Gasteiger partial charge in [0.05, 0.1) is 23.7 Å². The second-order valence-electron chi connectivity index (χ2n) is 10.3. The monoisotopic (exact) mass is 514 g/mol. The second-order valence-corrected chi connectivity index (χ2v) is 10.3. The molecule has 37 heavy (non-hydrogen) atoms. The molecule has 2 heterocycles. The number of nitrogens with one attached hydrogen (secondary N) is 2. The van der Waals surface area contributed by atoms with Crippen LogP contribution in [0.25, 0.3) is 10.9 Å². The number of carbonyl (C=O) groups is 4. The first-order valence-corrected chi connectivity index (χ1v) is 12.3. The Kier molecular flexibility index (Phi) is 7.01. The number of nitrogens with zero attached hydrogens (tertiary/aromatic N) is 1. The van der Waals surface area contributed by atoms with Crippen molar-refractivity contribution >= 4 is 34.5 Å². The summed E-state index contributed by atoms with van der Waals surface area (Å²) < 4.78 is 0. The van der Waals surface area contributed by atoms with Crippen LogP contribution in [0.1, 0.15) is 32.3 Å². The van der Waals surface area contributed by atoms with Crippen LogP contribution in [0.15, 0.2) is 30.5 Å². The lowest BCUT2D eigenvalue weighted by molar-refractivity contribution is -0.148. The zero-order valence-corrected chi connectivity index (χ0v) is 20.8. The van der Waals surface area contributed by atoms with E-state index in [2.05, 4.69) is 10.3 Å². The molecular weight excluding hydrogens is 480 g/mol. The van der Waals surface area contributed by atoms with Gasteiger partial charge in [-0.25, -0.2) is 0 Å². The Morgan fingerprint density at radius 2 is 1.84 bits per heavy atom. The molecule has 1 aliphatic heterocycles. The van der Waals surface area contributed by atoms with Gasteiger partial charge in [0.25, 0.3) is 0 Å². The van der Waals surface area contributed by atoms with E-state index in [4.69, 9.17) is 17.2 Å². The van der Waals surface area contributed by atoms with E-state index in [9.17, 15) is 29.4 Å². The number of para-hydroxylation sites is 1. The average Bonchev–Trinajstić information content (AvgIpc) is 3.23. The molecule has 1 aliphatic carbocycles. The van der Waals surface area contributed by atoms with Crippen LogP contribution >= 0.6 is 0 Å². The maximum Gasteiger partial charge on any atom is 0.243 e. The number of benzene rings is 1. The van der Waals surface area contributed by atoms with Crippen LogP contribution < -0.4 is 22.5 Å². The summed E-state index contributed by atoms with van der Waals surface area (Å²) >= 11 is 0. The van der Waals surface area contributed by atoms with E-state index < -0.39 is 65.4 Å². The normalized spacial score (nSPS) is 26.6. The van der Waals surface area contributed by atoms with E-state index >= 15 is 0 Å². The molecule has 1 saturated carbocycles. The van der Waals surface area contributed by atoms with Crippen LogP contribution in [0.4, 0.5) is 0 Å². The fourth-order valence-electron chi connectivity index (χ4n) is 5.85. The summed E-state index contributed by atoms with van der Waals surface area (Å²) in [5.74, 6) is -4.10. The molecule has 1 aromatic carbocycles. The summed E-state index contributed by atoms with van der Waals surface area (Å²) in [4.78, 5) is 56.1. The summed E-state index contributed by atoms with van der Waals surface area (Å²) in [5.41, 5.74) is 17.6. The van der Waals surface area contributed by atoms with Crippen molar-refractivity contribution in [1.29, 1.82) is 0 Å². The number of H-pyrrole nitrogens is 1. The minimum atomic E-state index is -1.36. The largest absolute Gasteiger partial charge is 0.391 e. The number of likely N-dealkylation sites (tertiary alicyclic amines) is 1. The van der Waals surface area contributed by atoms with Crippen LogP contribution in [-0.4, -0.2) is 79.6 Å². The molecule has 0 bridgehead atoms. The van der Waals surface area contributed by atoms with Crippen molar-refractivity contribution in [3.63, 3.8) is 0 Å². The summed E-state index contributed by atoms with van der Waals surface area (Å²) in [6.45, 7) is 2.70. The lowest BCUT2D eigenvalue weighted by Crippen LogP contribution is -2.62. The zero-order valence-electron chi connectivity index (χ0n) is 20.8. The smallest absolute Gasteiger partial charge is 0.243 e. The van der Waals surface area contributed by atoms with E-state index in [1.165, 1.54) is 18.7 Å². The molecule has 200 valence electrons. The summed E-state index contributed by atoms with van der Waals surface area (Å²) in [7, 11) is 0. The average molecular weight is 515 g/mol. The first-order chi connectivity index (χ1) is 17.4. The Morgan fingerprint density at radius 1 is 1.16 bits per heavy atom. The van der Waals surface area contributed by atoms with Gasteiger partial charge in [-0.2, -0.15) is 0 Å². The zero-order chi connectivity index (χ0) is 27.2. The maximum absolute atomic E-state index is 13.8. The van der Waals surface area contributed by atoms with Crippen molar-refractivity contribution in [2.45, 2.75) is 69.0 Å². The molecule has 1 saturated heterocycles. The molecular formula is C25H34N6O6. The van der Waals surface area contributed by atoms with Gasteiger partial charge in [0, 0.05) is 17.1 Å². The second kappa shape index (κ2) is 9.77. The van der Waals surface area contributed by atoms with Gasteiger partial charge in [-0.15, -0.1) is 0 Å². The van der Waals surface area contributed by atoms with Crippen LogP contribution in [0, 0.1) is 11.8 Å². The molecule has 8 atom stereocenters. The lowest BCUT2D eigenvalue weighted by atomic mass is 9.86. The van der Waals surface area contributed by atoms with E-state index in [1.807, 2.05) is 24.3 Å². The fraction of sp³-hybridized carbons (Fsp3) is 0.520. The van der Waals surface area contributed by atoms with Gasteiger partial charge in [0.2, 0.25) is 23.6 Å².